The molecule has 1 atom stereocenters. The lowest BCUT2D eigenvalue weighted by Crippen LogP contribution is -2.32. The molecule has 1 unspecified atom stereocenters. The van der Waals surface area contributed by atoms with Gasteiger partial charge in [0.2, 0.25) is 5.91 Å². The Morgan fingerprint density at radius 1 is 1.41 bits per heavy atom. The van der Waals surface area contributed by atoms with Crippen molar-refractivity contribution in [2.75, 3.05) is 19.8 Å². The molecule has 0 saturated heterocycles. The number of thiocarbonyl (C=S) groups is 1. The van der Waals surface area contributed by atoms with E-state index in [9.17, 15) is 4.79 Å². The standard InChI is InChI=1S/C12H24N2O2S/c1-3-5-6-10(4-2)7-14-12(17)9-16-8-11(13)15/h10H,3-9H2,1-2H3,(H2,13,15)(H,14,17). The highest BCUT2D eigenvalue weighted by Crippen LogP contribution is 2.11. The monoisotopic (exact) mass is 260 g/mol. The van der Waals surface area contributed by atoms with E-state index in [-0.39, 0.29) is 13.2 Å². The molecule has 1 amide bonds. The van der Waals surface area contributed by atoms with E-state index in [0.717, 1.165) is 13.0 Å². The lowest BCUT2D eigenvalue weighted by molar-refractivity contribution is -0.121. The third-order valence-electron chi connectivity index (χ3n) is 2.61. The fourth-order valence-corrected chi connectivity index (χ4v) is 1.66. The van der Waals surface area contributed by atoms with Crippen LogP contribution in [0.2, 0.25) is 0 Å². The van der Waals surface area contributed by atoms with Gasteiger partial charge >= 0.3 is 0 Å². The maximum absolute atomic E-state index is 10.4. The second kappa shape index (κ2) is 10.5. The first-order chi connectivity index (χ1) is 8.10. The van der Waals surface area contributed by atoms with Crippen molar-refractivity contribution >= 4 is 23.1 Å². The summed E-state index contributed by atoms with van der Waals surface area (Å²) in [5.41, 5.74) is 4.95. The SMILES string of the molecule is CCCCC(CC)CNC(=S)COCC(N)=O. The van der Waals surface area contributed by atoms with Crippen LogP contribution in [0.25, 0.3) is 0 Å². The van der Waals surface area contributed by atoms with Crippen LogP contribution in [0.5, 0.6) is 0 Å². The average Bonchev–Trinajstić information content (AvgIpc) is 2.29. The van der Waals surface area contributed by atoms with Crippen molar-refractivity contribution in [3.63, 3.8) is 0 Å². The molecule has 17 heavy (non-hydrogen) atoms. The maximum atomic E-state index is 10.4. The molecular formula is C12H24N2O2S. The third kappa shape index (κ3) is 10.2. The van der Waals surface area contributed by atoms with Gasteiger partial charge in [0, 0.05) is 6.54 Å². The zero-order chi connectivity index (χ0) is 13.1. The Morgan fingerprint density at radius 2 is 2.12 bits per heavy atom. The van der Waals surface area contributed by atoms with Crippen molar-refractivity contribution in [2.45, 2.75) is 39.5 Å². The molecule has 0 aromatic carbocycles. The lowest BCUT2D eigenvalue weighted by Gasteiger charge is -2.16. The first kappa shape index (κ1) is 16.3. The van der Waals surface area contributed by atoms with Crippen molar-refractivity contribution in [1.29, 1.82) is 0 Å². The van der Waals surface area contributed by atoms with Gasteiger partial charge in [0.1, 0.15) is 11.6 Å². The van der Waals surface area contributed by atoms with Crippen LogP contribution >= 0.6 is 12.2 Å². The first-order valence-corrected chi connectivity index (χ1v) is 6.63. The summed E-state index contributed by atoms with van der Waals surface area (Å²) in [5.74, 6) is 0.186. The van der Waals surface area contributed by atoms with E-state index in [1.54, 1.807) is 0 Å². The molecule has 0 saturated carbocycles. The molecule has 0 aliphatic rings. The van der Waals surface area contributed by atoms with E-state index in [1.165, 1.54) is 19.3 Å². The topological polar surface area (TPSA) is 64.3 Å². The zero-order valence-corrected chi connectivity index (χ0v) is 11.6. The Balaban J connectivity index is 3.62. The second-order valence-electron chi connectivity index (χ2n) is 4.18. The highest BCUT2D eigenvalue weighted by atomic mass is 32.1. The number of nitrogens with one attached hydrogen (secondary N) is 1. The van der Waals surface area contributed by atoms with Crippen LogP contribution in [0.3, 0.4) is 0 Å². The highest BCUT2D eigenvalue weighted by molar-refractivity contribution is 7.80. The van der Waals surface area contributed by atoms with Crippen molar-refractivity contribution < 1.29 is 9.53 Å². The molecule has 100 valence electrons. The van der Waals surface area contributed by atoms with Crippen molar-refractivity contribution in [3.05, 3.63) is 0 Å². The maximum Gasteiger partial charge on any atom is 0.243 e. The number of carbonyl (C=O) groups excluding carboxylic acids is 1. The molecule has 0 aromatic rings. The summed E-state index contributed by atoms with van der Waals surface area (Å²) < 4.78 is 5.03. The summed E-state index contributed by atoms with van der Waals surface area (Å²) in [6, 6.07) is 0. The molecule has 0 aliphatic heterocycles. The number of primary amides is 1. The Labute approximate surface area is 109 Å². The molecule has 0 radical (unpaired) electrons. The fraction of sp³-hybridized carbons (Fsp3) is 0.833. The summed E-state index contributed by atoms with van der Waals surface area (Å²) in [6.45, 7) is 5.46. The molecule has 0 fully saturated rings. The predicted molar refractivity (Wildman–Crippen MR) is 73.9 cm³/mol. The van der Waals surface area contributed by atoms with Gasteiger partial charge in [0.25, 0.3) is 0 Å². The normalized spacial score (nSPS) is 12.1. The number of carbonyl (C=O) groups is 1. The minimum Gasteiger partial charge on any atom is -0.377 e. The van der Waals surface area contributed by atoms with Gasteiger partial charge in [-0.3, -0.25) is 4.79 Å². The van der Waals surface area contributed by atoms with Gasteiger partial charge in [-0.15, -0.1) is 0 Å². The molecule has 4 nitrogen and oxygen atoms in total. The molecule has 0 aliphatic carbocycles. The summed E-state index contributed by atoms with van der Waals surface area (Å²) in [5, 5.41) is 3.17. The highest BCUT2D eigenvalue weighted by Gasteiger charge is 2.06. The van der Waals surface area contributed by atoms with Crippen LogP contribution in [0.15, 0.2) is 0 Å². The van der Waals surface area contributed by atoms with Gasteiger partial charge in [-0.25, -0.2) is 0 Å². The molecular weight excluding hydrogens is 236 g/mol. The van der Waals surface area contributed by atoms with Gasteiger partial charge in [-0.2, -0.15) is 0 Å². The van der Waals surface area contributed by atoms with Crippen LogP contribution in [0, 0.1) is 5.92 Å². The molecule has 0 aromatic heterocycles. The first-order valence-electron chi connectivity index (χ1n) is 6.22. The third-order valence-corrected chi connectivity index (χ3v) is 2.87. The van der Waals surface area contributed by atoms with Gasteiger partial charge < -0.3 is 15.8 Å². The van der Waals surface area contributed by atoms with E-state index in [0.29, 0.717) is 10.9 Å². The Hall–Kier alpha value is -0.680. The summed E-state index contributed by atoms with van der Waals surface area (Å²) >= 11 is 5.10. The van der Waals surface area contributed by atoms with Gasteiger partial charge in [-0.1, -0.05) is 45.3 Å². The van der Waals surface area contributed by atoms with Crippen molar-refractivity contribution in [1.82, 2.24) is 5.32 Å². The van der Waals surface area contributed by atoms with E-state index >= 15 is 0 Å². The van der Waals surface area contributed by atoms with Crippen molar-refractivity contribution in [2.24, 2.45) is 11.7 Å². The zero-order valence-electron chi connectivity index (χ0n) is 10.8. The second-order valence-corrected chi connectivity index (χ2v) is 4.67. The number of ether oxygens (including phenoxy) is 1. The number of rotatable bonds is 10. The number of hydrogen-bond acceptors (Lipinski definition) is 3. The number of hydrogen-bond donors (Lipinski definition) is 2. The lowest BCUT2D eigenvalue weighted by atomic mass is 9.99. The smallest absolute Gasteiger partial charge is 0.243 e. The molecule has 5 heteroatoms. The largest absolute Gasteiger partial charge is 0.377 e. The van der Waals surface area contributed by atoms with Crippen LogP contribution < -0.4 is 11.1 Å². The minimum absolute atomic E-state index is 0.0745. The number of amides is 1. The van der Waals surface area contributed by atoms with Crippen LogP contribution in [-0.2, 0) is 9.53 Å². The summed E-state index contributed by atoms with van der Waals surface area (Å²) in [7, 11) is 0. The van der Waals surface area contributed by atoms with E-state index < -0.39 is 5.91 Å². The van der Waals surface area contributed by atoms with E-state index in [4.69, 9.17) is 22.7 Å². The van der Waals surface area contributed by atoms with Crippen molar-refractivity contribution in [3.8, 4) is 0 Å². The molecule has 0 bridgehead atoms. The molecule has 0 heterocycles. The van der Waals surface area contributed by atoms with E-state index in [2.05, 4.69) is 19.2 Å². The summed E-state index contributed by atoms with van der Waals surface area (Å²) in [4.78, 5) is 11.1. The molecule has 0 spiro atoms. The van der Waals surface area contributed by atoms with E-state index in [1.807, 2.05) is 0 Å². The Kier molecular flexibility index (Phi) is 10.1. The summed E-state index contributed by atoms with van der Waals surface area (Å²) in [6.07, 6.45) is 4.86. The van der Waals surface area contributed by atoms with Crippen LogP contribution in [-0.4, -0.2) is 30.7 Å². The average molecular weight is 260 g/mol. The Morgan fingerprint density at radius 3 is 2.65 bits per heavy atom. The quantitative estimate of drug-likeness (QED) is 0.586. The fourth-order valence-electron chi connectivity index (χ4n) is 1.50. The van der Waals surface area contributed by atoms with Gasteiger partial charge in [0.05, 0.1) is 6.61 Å². The van der Waals surface area contributed by atoms with Gasteiger partial charge in [0.15, 0.2) is 0 Å². The van der Waals surface area contributed by atoms with Gasteiger partial charge in [-0.05, 0) is 12.3 Å². The predicted octanol–water partition coefficient (Wildman–Crippen LogP) is 1.62. The Bertz CT molecular complexity index is 235. The minimum atomic E-state index is -0.470. The van der Waals surface area contributed by atoms with Crippen LogP contribution in [0.4, 0.5) is 0 Å². The van der Waals surface area contributed by atoms with Crippen LogP contribution in [0.1, 0.15) is 39.5 Å². The molecule has 0 rings (SSSR count). The number of nitrogens with two attached hydrogens (primary N) is 1. The molecule has 3 N–H and O–H groups in total. The number of unbranched alkanes of at least 4 members (excludes halogenated alkanes) is 1.